The topological polar surface area (TPSA) is 142 Å². The lowest BCUT2D eigenvalue weighted by Gasteiger charge is -2.25. The Bertz CT molecular complexity index is 1410. The smallest absolute Gasteiger partial charge is 0.294 e. The van der Waals surface area contributed by atoms with Gasteiger partial charge in [0.15, 0.2) is 0 Å². The minimum atomic E-state index is -1.35. The van der Waals surface area contributed by atoms with Crippen LogP contribution in [0.2, 0.25) is 5.02 Å². The molecule has 0 saturated carbocycles. The molecule has 40 heavy (non-hydrogen) atoms. The molecule has 2 atom stereocenters. The van der Waals surface area contributed by atoms with E-state index < -0.39 is 16.3 Å². The number of hydrogen-bond donors (Lipinski definition) is 3. The zero-order valence-electron chi connectivity index (χ0n) is 22.9. The Kier molecular flexibility index (Phi) is 8.57. The van der Waals surface area contributed by atoms with Crippen LogP contribution in [-0.4, -0.2) is 70.2 Å². The first-order valence-electron chi connectivity index (χ1n) is 12.7. The summed E-state index contributed by atoms with van der Waals surface area (Å²) in [6.07, 6.45) is 2.44. The van der Waals surface area contributed by atoms with Crippen molar-refractivity contribution in [2.75, 3.05) is 49.8 Å². The van der Waals surface area contributed by atoms with Gasteiger partial charge in [-0.25, -0.2) is 14.4 Å². The van der Waals surface area contributed by atoms with Crippen LogP contribution in [0.4, 0.5) is 39.0 Å². The van der Waals surface area contributed by atoms with E-state index in [1.807, 2.05) is 19.0 Å². The second-order valence-electron chi connectivity index (χ2n) is 9.97. The number of nitro benzene ring substituents is 1. The maximum absolute atomic E-state index is 14.2. The van der Waals surface area contributed by atoms with Crippen LogP contribution in [0.3, 0.4) is 0 Å². The Hall–Kier alpha value is -3.81. The van der Waals surface area contributed by atoms with E-state index >= 15 is 0 Å². The summed E-state index contributed by atoms with van der Waals surface area (Å²) in [7, 11) is 5.46. The van der Waals surface area contributed by atoms with Gasteiger partial charge in [-0.05, 0) is 46.0 Å². The molecule has 1 unspecified atom stereocenters. The van der Waals surface area contributed by atoms with Gasteiger partial charge in [-0.1, -0.05) is 18.5 Å². The largest absolute Gasteiger partial charge is 0.494 e. The van der Waals surface area contributed by atoms with Crippen molar-refractivity contribution in [3.63, 3.8) is 0 Å². The Morgan fingerprint density at radius 3 is 2.50 bits per heavy atom. The zero-order chi connectivity index (χ0) is 29.2. The number of aliphatic hydroxyl groups is 1. The molecule has 12 nitrogen and oxygen atoms in total. The molecule has 0 spiro atoms. The van der Waals surface area contributed by atoms with Crippen LogP contribution in [-0.2, 0) is 5.60 Å². The molecule has 214 valence electrons. The molecule has 1 saturated heterocycles. The van der Waals surface area contributed by atoms with Crippen molar-refractivity contribution in [2.24, 2.45) is 0 Å². The van der Waals surface area contributed by atoms with Gasteiger partial charge in [0.25, 0.3) is 5.69 Å². The molecule has 0 amide bonds. The molecule has 0 bridgehead atoms. The molecule has 2 aromatic carbocycles. The molecule has 0 aliphatic carbocycles. The third-order valence-corrected chi connectivity index (χ3v) is 7.41. The third kappa shape index (κ3) is 6.16. The number of nitro groups is 1. The van der Waals surface area contributed by atoms with E-state index in [0.29, 0.717) is 36.6 Å². The van der Waals surface area contributed by atoms with E-state index in [-0.39, 0.29) is 39.9 Å². The Labute approximate surface area is 236 Å². The molecule has 4 rings (SSSR count). The third-order valence-electron chi connectivity index (χ3n) is 7.12. The maximum Gasteiger partial charge on any atom is 0.294 e. The molecule has 1 aliphatic rings. The fourth-order valence-electron chi connectivity index (χ4n) is 4.55. The highest BCUT2D eigenvalue weighted by atomic mass is 35.5. The molecule has 0 radical (unpaired) electrons. The number of rotatable bonds is 10. The van der Waals surface area contributed by atoms with E-state index in [9.17, 15) is 19.6 Å². The molecular weight excluding hydrogens is 543 g/mol. The fraction of sp³-hybridized carbons (Fsp3) is 0.423. The predicted octanol–water partition coefficient (Wildman–Crippen LogP) is 4.83. The van der Waals surface area contributed by atoms with E-state index in [2.05, 4.69) is 30.5 Å². The van der Waals surface area contributed by atoms with Crippen molar-refractivity contribution in [1.29, 1.82) is 0 Å². The number of ether oxygens (including phenoxy) is 1. The number of anilines is 5. The highest BCUT2D eigenvalue weighted by Crippen LogP contribution is 2.41. The number of methoxy groups -OCH3 is 1. The van der Waals surface area contributed by atoms with Crippen LogP contribution in [0.25, 0.3) is 0 Å². The summed E-state index contributed by atoms with van der Waals surface area (Å²) in [6, 6.07) is 5.83. The lowest BCUT2D eigenvalue weighted by atomic mass is 9.91. The van der Waals surface area contributed by atoms with Gasteiger partial charge in [-0.15, -0.1) is 0 Å². The lowest BCUT2D eigenvalue weighted by Crippen LogP contribution is -2.31. The number of hydrogen-bond acceptors (Lipinski definition) is 11. The number of aromatic nitrogens is 3. The van der Waals surface area contributed by atoms with E-state index in [1.165, 1.54) is 31.6 Å². The normalized spacial score (nSPS) is 16.6. The standard InChI is InChI=1S/C26H32ClFN8O4/c1-6-26(2,37)16-9-18(28)17(27)10-19(16)31-24-29-14-30-25(33-24)32-20-11-22(36(38)39)21(12-23(20)40-5)35-8-7-15(13-35)34(3)4/h9-12,14-15,37H,6-8,13H2,1-5H3,(H2,29,30,31,32,33)/t15-,26?/m1/s1. The quantitative estimate of drug-likeness (QED) is 0.226. The van der Waals surface area contributed by atoms with Crippen LogP contribution in [0.5, 0.6) is 5.75 Å². The average Bonchev–Trinajstić information content (AvgIpc) is 3.41. The van der Waals surface area contributed by atoms with Gasteiger partial charge < -0.3 is 30.3 Å². The molecule has 14 heteroatoms. The first-order chi connectivity index (χ1) is 18.9. The maximum atomic E-state index is 14.2. The van der Waals surface area contributed by atoms with E-state index in [1.54, 1.807) is 19.9 Å². The summed E-state index contributed by atoms with van der Waals surface area (Å²) in [6.45, 7) is 4.67. The number of likely N-dealkylation sites (N-methyl/N-ethyl adjacent to an activating group) is 1. The summed E-state index contributed by atoms with van der Waals surface area (Å²) in [5, 5.41) is 28.6. The van der Waals surface area contributed by atoms with Crippen LogP contribution < -0.4 is 20.3 Å². The number of nitrogens with one attached hydrogen (secondary N) is 2. The van der Waals surface area contributed by atoms with Gasteiger partial charge in [0.05, 0.1) is 28.3 Å². The first kappa shape index (κ1) is 29.2. The Balaban J connectivity index is 1.65. The highest BCUT2D eigenvalue weighted by molar-refractivity contribution is 6.31. The van der Waals surface area contributed by atoms with Crippen molar-refractivity contribution in [3.8, 4) is 5.75 Å². The molecule has 2 heterocycles. The van der Waals surface area contributed by atoms with Crippen LogP contribution in [0.1, 0.15) is 32.3 Å². The fourth-order valence-corrected chi connectivity index (χ4v) is 4.71. The SMILES string of the molecule is CCC(C)(O)c1cc(F)c(Cl)cc1Nc1ncnc(Nc2cc([N+](=O)[O-])c(N3CC[C@@H](N(C)C)C3)cc2OC)n1. The predicted molar refractivity (Wildman–Crippen MR) is 152 cm³/mol. The van der Waals surface area contributed by atoms with Gasteiger partial charge in [-0.3, -0.25) is 10.1 Å². The van der Waals surface area contributed by atoms with Crippen molar-refractivity contribution in [2.45, 2.75) is 38.3 Å². The van der Waals surface area contributed by atoms with Crippen LogP contribution in [0.15, 0.2) is 30.6 Å². The molecular formula is C26H32ClFN8O4. The average molecular weight is 575 g/mol. The molecule has 3 N–H and O–H groups in total. The number of halogens is 2. The molecule has 1 fully saturated rings. The second kappa shape index (κ2) is 11.7. The van der Waals surface area contributed by atoms with E-state index in [4.69, 9.17) is 16.3 Å². The number of benzene rings is 2. The summed E-state index contributed by atoms with van der Waals surface area (Å²) >= 11 is 6.00. The minimum absolute atomic E-state index is 0.0729. The molecule has 1 aliphatic heterocycles. The second-order valence-corrected chi connectivity index (χ2v) is 10.4. The zero-order valence-corrected chi connectivity index (χ0v) is 23.7. The molecule has 1 aromatic heterocycles. The monoisotopic (exact) mass is 574 g/mol. The van der Waals surface area contributed by atoms with Crippen molar-refractivity contribution >= 4 is 46.2 Å². The van der Waals surface area contributed by atoms with Gasteiger partial charge in [0.1, 0.15) is 23.6 Å². The van der Waals surface area contributed by atoms with Gasteiger partial charge in [0.2, 0.25) is 11.9 Å². The van der Waals surface area contributed by atoms with E-state index in [0.717, 1.165) is 6.42 Å². The minimum Gasteiger partial charge on any atom is -0.494 e. The van der Waals surface area contributed by atoms with Crippen molar-refractivity contribution in [3.05, 3.63) is 57.1 Å². The first-order valence-corrected chi connectivity index (χ1v) is 13.0. The molecule has 3 aromatic rings. The Morgan fingerprint density at radius 2 is 1.93 bits per heavy atom. The Morgan fingerprint density at radius 1 is 1.25 bits per heavy atom. The van der Waals surface area contributed by atoms with Crippen LogP contribution >= 0.6 is 11.6 Å². The van der Waals surface area contributed by atoms with Gasteiger partial charge >= 0.3 is 0 Å². The summed E-state index contributed by atoms with van der Waals surface area (Å²) in [5.74, 6) is -0.151. The summed E-state index contributed by atoms with van der Waals surface area (Å²) in [4.78, 5) is 28.3. The van der Waals surface area contributed by atoms with Crippen molar-refractivity contribution < 1.29 is 19.2 Å². The van der Waals surface area contributed by atoms with Crippen molar-refractivity contribution in [1.82, 2.24) is 19.9 Å². The lowest BCUT2D eigenvalue weighted by molar-refractivity contribution is -0.384. The van der Waals surface area contributed by atoms with Crippen LogP contribution in [0, 0.1) is 15.9 Å². The summed E-state index contributed by atoms with van der Waals surface area (Å²) in [5.41, 5.74) is -0.0794. The van der Waals surface area contributed by atoms with Gasteiger partial charge in [-0.2, -0.15) is 4.98 Å². The number of nitrogens with zero attached hydrogens (tertiary/aromatic N) is 6. The summed E-state index contributed by atoms with van der Waals surface area (Å²) < 4.78 is 19.8. The van der Waals surface area contributed by atoms with Gasteiger partial charge in [0, 0.05) is 42.5 Å². The highest BCUT2D eigenvalue weighted by Gasteiger charge is 2.31.